The second-order valence-corrected chi connectivity index (χ2v) is 7.75. The van der Waals surface area contributed by atoms with Gasteiger partial charge in [-0.15, -0.1) is 0 Å². The summed E-state index contributed by atoms with van der Waals surface area (Å²) in [7, 11) is 0. The lowest BCUT2D eigenvalue weighted by Crippen LogP contribution is -2.47. The summed E-state index contributed by atoms with van der Waals surface area (Å²) in [6, 6.07) is 8.14. The SMILES string of the molecule is CC(=O)N1C[C@@H]2CC[C@H](C1)N(C(=O)c1cc3cccc(C)c3nc1C)C2. The first-order valence-corrected chi connectivity index (χ1v) is 9.37. The summed E-state index contributed by atoms with van der Waals surface area (Å²) in [5.74, 6) is 0.534. The number of nitrogens with zero attached hydrogens (tertiary/aromatic N) is 3. The van der Waals surface area contributed by atoms with Crippen molar-refractivity contribution < 1.29 is 9.59 Å². The Morgan fingerprint density at radius 1 is 1.12 bits per heavy atom. The van der Waals surface area contributed by atoms with Crippen LogP contribution in [0.15, 0.2) is 24.3 Å². The van der Waals surface area contributed by atoms with Crippen molar-refractivity contribution in [1.82, 2.24) is 14.8 Å². The van der Waals surface area contributed by atoms with Gasteiger partial charge in [0.15, 0.2) is 0 Å². The van der Waals surface area contributed by atoms with Crippen molar-refractivity contribution in [2.75, 3.05) is 19.6 Å². The van der Waals surface area contributed by atoms with Gasteiger partial charge in [-0.1, -0.05) is 18.2 Å². The fourth-order valence-corrected chi connectivity index (χ4v) is 4.40. The highest BCUT2D eigenvalue weighted by Gasteiger charge is 2.38. The van der Waals surface area contributed by atoms with E-state index in [0.717, 1.165) is 48.1 Å². The molecule has 2 bridgehead atoms. The van der Waals surface area contributed by atoms with E-state index in [2.05, 4.69) is 0 Å². The van der Waals surface area contributed by atoms with Crippen LogP contribution in [0, 0.1) is 19.8 Å². The Kier molecular flexibility index (Phi) is 4.17. The molecule has 1 aromatic carbocycles. The largest absolute Gasteiger partial charge is 0.341 e. The molecule has 0 N–H and O–H groups in total. The molecule has 2 amide bonds. The van der Waals surface area contributed by atoms with E-state index in [1.807, 2.05) is 47.9 Å². The second kappa shape index (κ2) is 6.38. The summed E-state index contributed by atoms with van der Waals surface area (Å²) in [5, 5.41) is 1.00. The van der Waals surface area contributed by atoms with Gasteiger partial charge in [-0.25, -0.2) is 0 Å². The predicted octanol–water partition coefficient (Wildman–Crippen LogP) is 2.93. The standard InChI is InChI=1S/C21H25N3O2/c1-13-5-4-6-17-9-19(14(2)22-20(13)17)21(26)24-11-16-7-8-18(24)12-23(10-16)15(3)25/h4-6,9,16,18H,7-8,10-12H2,1-3H3/t16-,18+/m0/s1. The number of rotatable bonds is 1. The van der Waals surface area contributed by atoms with Gasteiger partial charge in [-0.05, 0) is 44.2 Å². The summed E-state index contributed by atoms with van der Waals surface area (Å²) >= 11 is 0. The van der Waals surface area contributed by atoms with E-state index in [1.54, 1.807) is 6.92 Å². The van der Waals surface area contributed by atoms with Crippen LogP contribution in [0.2, 0.25) is 0 Å². The van der Waals surface area contributed by atoms with Gasteiger partial charge >= 0.3 is 0 Å². The molecular weight excluding hydrogens is 326 g/mol. The summed E-state index contributed by atoms with van der Waals surface area (Å²) in [6.45, 7) is 7.73. The quantitative estimate of drug-likeness (QED) is 0.794. The van der Waals surface area contributed by atoms with Crippen LogP contribution in [-0.2, 0) is 4.79 Å². The Labute approximate surface area is 154 Å². The second-order valence-electron chi connectivity index (χ2n) is 7.75. The number of piperidine rings is 1. The molecule has 0 aliphatic carbocycles. The van der Waals surface area contributed by atoms with Crippen molar-refractivity contribution in [2.24, 2.45) is 5.92 Å². The fraction of sp³-hybridized carbons (Fsp3) is 0.476. The molecule has 5 nitrogen and oxygen atoms in total. The van der Waals surface area contributed by atoms with Gasteiger partial charge < -0.3 is 9.80 Å². The average Bonchev–Trinajstić information content (AvgIpc) is 2.94. The number of benzene rings is 1. The van der Waals surface area contributed by atoms with Crippen LogP contribution in [0.1, 0.15) is 41.4 Å². The molecule has 136 valence electrons. The number of pyridine rings is 1. The summed E-state index contributed by atoms with van der Waals surface area (Å²) in [4.78, 5) is 33.8. The third-order valence-corrected chi connectivity index (χ3v) is 5.89. The van der Waals surface area contributed by atoms with Crippen molar-refractivity contribution in [3.8, 4) is 0 Å². The maximum atomic E-state index is 13.4. The van der Waals surface area contributed by atoms with Crippen LogP contribution in [0.3, 0.4) is 0 Å². The van der Waals surface area contributed by atoms with Gasteiger partial charge in [-0.2, -0.15) is 0 Å². The van der Waals surface area contributed by atoms with E-state index in [1.165, 1.54) is 0 Å². The highest BCUT2D eigenvalue weighted by atomic mass is 16.2. The van der Waals surface area contributed by atoms with Crippen LogP contribution in [0.25, 0.3) is 10.9 Å². The lowest BCUT2D eigenvalue weighted by atomic mass is 9.94. The number of aryl methyl sites for hydroxylation is 2. The van der Waals surface area contributed by atoms with Gasteiger partial charge in [0.25, 0.3) is 5.91 Å². The van der Waals surface area contributed by atoms with Gasteiger partial charge in [0, 0.05) is 38.0 Å². The first kappa shape index (κ1) is 17.0. The molecule has 4 heterocycles. The molecule has 0 radical (unpaired) electrons. The topological polar surface area (TPSA) is 53.5 Å². The van der Waals surface area contributed by atoms with Crippen LogP contribution >= 0.6 is 0 Å². The number of carbonyl (C=O) groups is 2. The van der Waals surface area contributed by atoms with Crippen molar-refractivity contribution in [3.63, 3.8) is 0 Å². The Balaban J connectivity index is 1.69. The van der Waals surface area contributed by atoms with E-state index >= 15 is 0 Å². The predicted molar refractivity (Wildman–Crippen MR) is 101 cm³/mol. The minimum Gasteiger partial charge on any atom is -0.341 e. The molecule has 0 unspecified atom stereocenters. The molecular formula is C21H25N3O2. The van der Waals surface area contributed by atoms with E-state index in [4.69, 9.17) is 4.98 Å². The molecule has 3 saturated heterocycles. The molecule has 5 heteroatoms. The Hall–Kier alpha value is -2.43. The molecule has 3 fully saturated rings. The zero-order valence-corrected chi connectivity index (χ0v) is 15.7. The third kappa shape index (κ3) is 2.85. The monoisotopic (exact) mass is 351 g/mol. The van der Waals surface area contributed by atoms with Crippen LogP contribution in [0.5, 0.6) is 0 Å². The summed E-state index contributed by atoms with van der Waals surface area (Å²) in [5.41, 5.74) is 3.54. The van der Waals surface area contributed by atoms with Crippen molar-refractivity contribution in [2.45, 2.75) is 39.7 Å². The highest BCUT2D eigenvalue weighted by molar-refractivity contribution is 5.99. The van der Waals surface area contributed by atoms with Crippen molar-refractivity contribution >= 4 is 22.7 Å². The van der Waals surface area contributed by atoms with Gasteiger partial charge in [-0.3, -0.25) is 14.6 Å². The lowest BCUT2D eigenvalue weighted by molar-refractivity contribution is -0.129. The smallest absolute Gasteiger partial charge is 0.256 e. The fourth-order valence-electron chi connectivity index (χ4n) is 4.40. The maximum absolute atomic E-state index is 13.4. The molecule has 3 aliphatic rings. The molecule has 3 aliphatic heterocycles. The maximum Gasteiger partial charge on any atom is 0.256 e. The van der Waals surface area contributed by atoms with Crippen molar-refractivity contribution in [1.29, 1.82) is 0 Å². The average molecular weight is 351 g/mol. The molecule has 0 spiro atoms. The molecule has 26 heavy (non-hydrogen) atoms. The molecule has 2 atom stereocenters. The van der Waals surface area contributed by atoms with E-state index in [0.29, 0.717) is 18.0 Å². The number of hydrogen-bond donors (Lipinski definition) is 0. The van der Waals surface area contributed by atoms with E-state index < -0.39 is 0 Å². The number of para-hydroxylation sites is 1. The number of fused-ring (bicyclic) bond motifs is 5. The zero-order valence-electron chi connectivity index (χ0n) is 15.7. The Bertz CT molecular complexity index is 892. The summed E-state index contributed by atoms with van der Waals surface area (Å²) < 4.78 is 0. The van der Waals surface area contributed by atoms with Gasteiger partial charge in [0.1, 0.15) is 0 Å². The van der Waals surface area contributed by atoms with Gasteiger partial charge in [0.05, 0.1) is 16.8 Å². The van der Waals surface area contributed by atoms with Crippen LogP contribution in [0.4, 0.5) is 0 Å². The molecule has 2 aromatic rings. The molecule has 1 aromatic heterocycles. The zero-order chi connectivity index (χ0) is 18.4. The minimum absolute atomic E-state index is 0.0542. The number of carbonyl (C=O) groups excluding carboxylic acids is 2. The van der Waals surface area contributed by atoms with Gasteiger partial charge in [0.2, 0.25) is 5.91 Å². The normalized spacial score (nSPS) is 22.6. The molecule has 5 rings (SSSR count). The van der Waals surface area contributed by atoms with Crippen LogP contribution < -0.4 is 0 Å². The van der Waals surface area contributed by atoms with E-state index in [-0.39, 0.29) is 17.9 Å². The first-order valence-electron chi connectivity index (χ1n) is 9.37. The van der Waals surface area contributed by atoms with E-state index in [9.17, 15) is 9.59 Å². The Morgan fingerprint density at radius 3 is 2.69 bits per heavy atom. The van der Waals surface area contributed by atoms with Crippen molar-refractivity contribution in [3.05, 3.63) is 41.1 Å². The van der Waals surface area contributed by atoms with Crippen LogP contribution in [-0.4, -0.2) is 52.3 Å². The minimum atomic E-state index is 0.0542. The molecule has 0 saturated carbocycles. The Morgan fingerprint density at radius 2 is 1.92 bits per heavy atom. The number of aromatic nitrogens is 1. The number of amides is 2. The highest BCUT2D eigenvalue weighted by Crippen LogP contribution is 2.30. The third-order valence-electron chi connectivity index (χ3n) is 5.89. The first-order chi connectivity index (χ1) is 12.4. The lowest BCUT2D eigenvalue weighted by Gasteiger charge is -2.36. The summed E-state index contributed by atoms with van der Waals surface area (Å²) in [6.07, 6.45) is 2.06. The number of hydrogen-bond acceptors (Lipinski definition) is 3.